The van der Waals surface area contributed by atoms with Crippen molar-refractivity contribution in [3.05, 3.63) is 35.7 Å². The zero-order chi connectivity index (χ0) is 20.3. The number of thioether (sulfide) groups is 1. The maximum absolute atomic E-state index is 12.9. The molecule has 1 aliphatic carbocycles. The number of carbonyl (C=O) groups is 2. The lowest BCUT2D eigenvalue weighted by atomic mass is 10.1. The lowest BCUT2D eigenvalue weighted by Gasteiger charge is -2.14. The number of hydrogen-bond donors (Lipinski definition) is 1. The van der Waals surface area contributed by atoms with E-state index in [9.17, 15) is 9.59 Å². The molecule has 1 aliphatic rings. The van der Waals surface area contributed by atoms with Crippen LogP contribution in [0.2, 0.25) is 0 Å². The van der Waals surface area contributed by atoms with E-state index in [1.54, 1.807) is 24.3 Å². The van der Waals surface area contributed by atoms with Crippen LogP contribution in [0.5, 0.6) is 0 Å². The van der Waals surface area contributed by atoms with Gasteiger partial charge < -0.3 is 9.88 Å². The molecule has 1 unspecified atom stereocenters. The van der Waals surface area contributed by atoms with Crippen LogP contribution in [-0.2, 0) is 4.79 Å². The second-order valence-electron chi connectivity index (χ2n) is 7.60. The smallest absolute Gasteiger partial charge is 0.224 e. The number of anilines is 1. The van der Waals surface area contributed by atoms with Crippen molar-refractivity contribution in [3.8, 4) is 0 Å². The number of amides is 1. The van der Waals surface area contributed by atoms with Crippen molar-refractivity contribution < 1.29 is 9.59 Å². The number of aromatic nitrogens is 3. The summed E-state index contributed by atoms with van der Waals surface area (Å²) in [6.07, 6.45) is 3.60. The number of Topliss-reactive ketones (excluding diaryl/α,β-unsaturated/α-hetero) is 1. The fourth-order valence-corrected chi connectivity index (χ4v) is 4.06. The number of rotatable bonds is 9. The maximum Gasteiger partial charge on any atom is 0.224 e. The first kappa shape index (κ1) is 20.6. The molecule has 28 heavy (non-hydrogen) atoms. The predicted molar refractivity (Wildman–Crippen MR) is 112 cm³/mol. The summed E-state index contributed by atoms with van der Waals surface area (Å²) in [6, 6.07) is 7.57. The van der Waals surface area contributed by atoms with Crippen LogP contribution in [0.4, 0.5) is 5.69 Å². The van der Waals surface area contributed by atoms with E-state index in [2.05, 4.69) is 33.9 Å². The van der Waals surface area contributed by atoms with Crippen molar-refractivity contribution >= 4 is 29.1 Å². The Morgan fingerprint density at radius 3 is 2.43 bits per heavy atom. The summed E-state index contributed by atoms with van der Waals surface area (Å²) in [5, 5.41) is 12.1. The lowest BCUT2D eigenvalue weighted by molar-refractivity contribution is -0.116. The fraction of sp³-hybridized carbons (Fsp3) is 0.524. The predicted octanol–water partition coefficient (Wildman–Crippen LogP) is 4.84. The molecule has 2 aromatic rings. The third kappa shape index (κ3) is 4.82. The SMILES string of the molecule is CCCC(=O)Nc1ccc(C(=O)C(C)Sc2nnc(C(C)C)n2C2CC2)cc1. The van der Waals surface area contributed by atoms with E-state index in [1.807, 2.05) is 13.8 Å². The molecule has 1 saturated carbocycles. The molecule has 1 N–H and O–H groups in total. The molecule has 0 spiro atoms. The van der Waals surface area contributed by atoms with E-state index in [1.165, 1.54) is 11.8 Å². The van der Waals surface area contributed by atoms with Crippen LogP contribution < -0.4 is 5.32 Å². The first-order valence-corrected chi connectivity index (χ1v) is 10.8. The molecule has 1 atom stereocenters. The molecule has 1 heterocycles. The van der Waals surface area contributed by atoms with Crippen molar-refractivity contribution in [2.75, 3.05) is 5.32 Å². The minimum Gasteiger partial charge on any atom is -0.326 e. The van der Waals surface area contributed by atoms with Crippen molar-refractivity contribution in [2.45, 2.75) is 75.7 Å². The van der Waals surface area contributed by atoms with Gasteiger partial charge in [0.15, 0.2) is 10.9 Å². The Bertz CT molecular complexity index is 841. The Morgan fingerprint density at radius 2 is 1.86 bits per heavy atom. The van der Waals surface area contributed by atoms with Gasteiger partial charge in [-0.1, -0.05) is 32.5 Å². The maximum atomic E-state index is 12.9. The third-order valence-corrected chi connectivity index (χ3v) is 5.76. The topological polar surface area (TPSA) is 76.9 Å². The van der Waals surface area contributed by atoms with Gasteiger partial charge in [-0.15, -0.1) is 10.2 Å². The minimum absolute atomic E-state index is 0.00845. The van der Waals surface area contributed by atoms with Crippen LogP contribution >= 0.6 is 11.8 Å². The van der Waals surface area contributed by atoms with Gasteiger partial charge in [0.2, 0.25) is 5.91 Å². The summed E-state index contributed by atoms with van der Waals surface area (Å²) in [5.41, 5.74) is 1.35. The number of hydrogen-bond acceptors (Lipinski definition) is 5. The molecule has 3 rings (SSSR count). The summed E-state index contributed by atoms with van der Waals surface area (Å²) in [6.45, 7) is 8.11. The molecule has 7 heteroatoms. The Hall–Kier alpha value is -2.15. The van der Waals surface area contributed by atoms with E-state index < -0.39 is 0 Å². The summed E-state index contributed by atoms with van der Waals surface area (Å²) < 4.78 is 2.21. The zero-order valence-corrected chi connectivity index (χ0v) is 17.8. The Balaban J connectivity index is 1.67. The van der Waals surface area contributed by atoms with Gasteiger partial charge in [-0.05, 0) is 50.5 Å². The van der Waals surface area contributed by atoms with E-state index in [0.717, 1.165) is 30.2 Å². The number of nitrogens with one attached hydrogen (secondary N) is 1. The molecule has 0 bridgehead atoms. The van der Waals surface area contributed by atoms with Gasteiger partial charge in [-0.25, -0.2) is 0 Å². The van der Waals surface area contributed by atoms with Gasteiger partial charge >= 0.3 is 0 Å². The van der Waals surface area contributed by atoms with Gasteiger partial charge in [0.05, 0.1) is 5.25 Å². The van der Waals surface area contributed by atoms with Gasteiger partial charge in [0.25, 0.3) is 0 Å². The van der Waals surface area contributed by atoms with Crippen molar-refractivity contribution in [1.82, 2.24) is 14.8 Å². The van der Waals surface area contributed by atoms with Crippen LogP contribution in [-0.4, -0.2) is 31.7 Å². The highest BCUT2D eigenvalue weighted by Gasteiger charge is 2.31. The minimum atomic E-state index is -0.262. The number of ketones is 1. The van der Waals surface area contributed by atoms with E-state index in [-0.39, 0.29) is 16.9 Å². The number of carbonyl (C=O) groups excluding carboxylic acids is 2. The molecule has 150 valence electrons. The van der Waals surface area contributed by atoms with Crippen molar-refractivity contribution in [3.63, 3.8) is 0 Å². The first-order chi connectivity index (χ1) is 13.4. The van der Waals surface area contributed by atoms with Crippen molar-refractivity contribution in [2.24, 2.45) is 0 Å². The molecule has 0 radical (unpaired) electrons. The van der Waals surface area contributed by atoms with Crippen LogP contribution in [0.3, 0.4) is 0 Å². The zero-order valence-electron chi connectivity index (χ0n) is 16.9. The highest BCUT2D eigenvalue weighted by molar-refractivity contribution is 8.00. The lowest BCUT2D eigenvalue weighted by Crippen LogP contribution is -2.15. The molecule has 6 nitrogen and oxygen atoms in total. The molecule has 1 fully saturated rings. The van der Waals surface area contributed by atoms with Gasteiger partial charge in [-0.3, -0.25) is 9.59 Å². The van der Waals surface area contributed by atoms with Crippen LogP contribution in [0, 0.1) is 0 Å². The summed E-state index contributed by atoms with van der Waals surface area (Å²) in [7, 11) is 0. The highest BCUT2D eigenvalue weighted by atomic mass is 32.2. The van der Waals surface area contributed by atoms with Gasteiger partial charge in [0, 0.05) is 29.6 Å². The average Bonchev–Trinajstić information content (AvgIpc) is 3.41. The van der Waals surface area contributed by atoms with Crippen LogP contribution in [0.25, 0.3) is 0 Å². The van der Waals surface area contributed by atoms with Gasteiger partial charge in [0.1, 0.15) is 5.82 Å². The summed E-state index contributed by atoms with van der Waals surface area (Å²) in [5.74, 6) is 1.35. The third-order valence-electron chi connectivity index (χ3n) is 4.70. The largest absolute Gasteiger partial charge is 0.326 e. The normalized spacial score (nSPS) is 14.9. The molecule has 1 aromatic carbocycles. The van der Waals surface area contributed by atoms with E-state index in [0.29, 0.717) is 29.6 Å². The Labute approximate surface area is 170 Å². The standard InChI is InChI=1S/C21H28N4O2S/c1-5-6-18(26)22-16-9-7-15(8-10-16)19(27)14(4)28-21-24-23-20(13(2)3)25(21)17-11-12-17/h7-10,13-14,17H,5-6,11-12H2,1-4H3,(H,22,26). The number of benzene rings is 1. The highest BCUT2D eigenvalue weighted by Crippen LogP contribution is 2.41. The molecular formula is C21H28N4O2S. The van der Waals surface area contributed by atoms with Crippen LogP contribution in [0.1, 0.15) is 81.5 Å². The second kappa shape index (κ2) is 8.90. The Kier molecular flexibility index (Phi) is 6.54. The molecule has 1 aromatic heterocycles. The summed E-state index contributed by atoms with van der Waals surface area (Å²) in [4.78, 5) is 24.5. The van der Waals surface area contributed by atoms with Crippen LogP contribution in [0.15, 0.2) is 29.4 Å². The molecule has 0 saturated heterocycles. The van der Waals surface area contributed by atoms with Gasteiger partial charge in [-0.2, -0.15) is 0 Å². The monoisotopic (exact) mass is 400 g/mol. The molecular weight excluding hydrogens is 372 g/mol. The molecule has 1 amide bonds. The fourth-order valence-electron chi connectivity index (χ4n) is 3.05. The first-order valence-electron chi connectivity index (χ1n) is 9.96. The quantitative estimate of drug-likeness (QED) is 0.481. The average molecular weight is 401 g/mol. The van der Waals surface area contributed by atoms with E-state index in [4.69, 9.17) is 0 Å². The van der Waals surface area contributed by atoms with Crippen molar-refractivity contribution in [1.29, 1.82) is 0 Å². The number of nitrogens with zero attached hydrogens (tertiary/aromatic N) is 3. The Morgan fingerprint density at radius 1 is 1.18 bits per heavy atom. The van der Waals surface area contributed by atoms with E-state index >= 15 is 0 Å². The second-order valence-corrected chi connectivity index (χ2v) is 8.90. The summed E-state index contributed by atoms with van der Waals surface area (Å²) >= 11 is 1.47. The molecule has 0 aliphatic heterocycles.